The number of alkyl halides is 3. The van der Waals surface area contributed by atoms with Crippen LogP contribution in [0.2, 0.25) is 0 Å². The first-order valence-corrected chi connectivity index (χ1v) is 9.59. The summed E-state index contributed by atoms with van der Waals surface area (Å²) in [6, 6.07) is 5.26. The predicted octanol–water partition coefficient (Wildman–Crippen LogP) is 5.27. The molecule has 0 radical (unpaired) electrons. The van der Waals surface area contributed by atoms with Gasteiger partial charge in [0.1, 0.15) is 17.4 Å². The number of aromatic nitrogens is 2. The van der Waals surface area contributed by atoms with Crippen molar-refractivity contribution in [3.8, 4) is 11.3 Å². The number of nitrogens with one attached hydrogen (secondary N) is 3. The molecule has 0 aliphatic rings. The highest BCUT2D eigenvalue weighted by atomic mass is 19.4. The van der Waals surface area contributed by atoms with E-state index in [0.717, 1.165) is 24.3 Å². The molecule has 0 aliphatic carbocycles. The van der Waals surface area contributed by atoms with Crippen molar-refractivity contribution >= 4 is 17.7 Å². The number of halogens is 5. The second-order valence-electron chi connectivity index (χ2n) is 8.13. The van der Waals surface area contributed by atoms with E-state index in [4.69, 9.17) is 0 Å². The molecule has 0 bridgehead atoms. The SMILES string of the molecule is Cc1cc(C(=O)NC(=NC(C)(C)C)Nc2cc(-c3cc(F)cc(F)c3)[nH]n2)c(C(F)(F)F)o1. The Bertz CT molecular complexity index is 1180. The van der Waals surface area contributed by atoms with Gasteiger partial charge in [0.15, 0.2) is 5.82 Å². The minimum Gasteiger partial charge on any atom is -0.456 e. The highest BCUT2D eigenvalue weighted by Crippen LogP contribution is 2.34. The van der Waals surface area contributed by atoms with E-state index in [2.05, 4.69) is 30.2 Å². The summed E-state index contributed by atoms with van der Waals surface area (Å²) in [6.07, 6.45) is -4.87. The number of hydrogen-bond donors (Lipinski definition) is 3. The number of amides is 1. The van der Waals surface area contributed by atoms with Gasteiger partial charge in [0.2, 0.25) is 11.7 Å². The lowest BCUT2D eigenvalue weighted by molar-refractivity contribution is -0.153. The quantitative estimate of drug-likeness (QED) is 0.277. The summed E-state index contributed by atoms with van der Waals surface area (Å²) in [4.78, 5) is 16.9. The van der Waals surface area contributed by atoms with Crippen molar-refractivity contribution in [1.29, 1.82) is 0 Å². The third-order valence-corrected chi connectivity index (χ3v) is 4.03. The molecule has 2 heterocycles. The minimum atomic E-state index is -4.87. The van der Waals surface area contributed by atoms with Gasteiger partial charge in [0.05, 0.1) is 16.8 Å². The first kappa shape index (κ1) is 24.0. The number of hydrogen-bond acceptors (Lipinski definition) is 4. The van der Waals surface area contributed by atoms with E-state index in [1.54, 1.807) is 20.8 Å². The summed E-state index contributed by atoms with van der Waals surface area (Å²) in [5.41, 5.74) is -1.02. The van der Waals surface area contributed by atoms with Crippen molar-refractivity contribution in [1.82, 2.24) is 15.5 Å². The average molecular weight is 469 g/mol. The van der Waals surface area contributed by atoms with Crippen LogP contribution in [0.1, 0.15) is 42.6 Å². The van der Waals surface area contributed by atoms with Gasteiger partial charge in [-0.3, -0.25) is 15.2 Å². The Kier molecular flexibility index (Phi) is 6.30. The zero-order chi connectivity index (χ0) is 24.6. The van der Waals surface area contributed by atoms with Gasteiger partial charge < -0.3 is 9.73 Å². The van der Waals surface area contributed by atoms with Crippen molar-refractivity contribution in [2.45, 2.75) is 39.4 Å². The largest absolute Gasteiger partial charge is 0.456 e. The standard InChI is InChI=1S/C21H20F5N5O2/c1-10-5-14(17(33-10)21(24,25)26)18(32)28-19(29-20(2,3)4)27-16-9-15(30-31-16)11-6-12(22)8-13(23)7-11/h5-9H,1-4H3,(H3,27,28,29,30,31,32). The number of carbonyl (C=O) groups excluding carboxylic acids is 1. The minimum absolute atomic E-state index is 0.0889. The molecule has 2 aromatic heterocycles. The molecule has 3 rings (SSSR count). The molecule has 1 amide bonds. The van der Waals surface area contributed by atoms with Crippen LogP contribution in [0.15, 0.2) is 39.7 Å². The highest BCUT2D eigenvalue weighted by molar-refractivity contribution is 6.10. The summed E-state index contributed by atoms with van der Waals surface area (Å²) in [6.45, 7) is 6.40. The molecule has 3 N–H and O–H groups in total. The van der Waals surface area contributed by atoms with Gasteiger partial charge >= 0.3 is 6.18 Å². The lowest BCUT2D eigenvalue weighted by atomic mass is 10.1. The molecule has 0 spiro atoms. The Morgan fingerprint density at radius 3 is 2.27 bits per heavy atom. The van der Waals surface area contributed by atoms with Crippen LogP contribution in [0.5, 0.6) is 0 Å². The molecule has 0 saturated heterocycles. The Labute approximate surface area is 185 Å². The monoisotopic (exact) mass is 469 g/mol. The van der Waals surface area contributed by atoms with Gasteiger partial charge in [-0.1, -0.05) is 0 Å². The number of anilines is 1. The van der Waals surface area contributed by atoms with E-state index in [0.29, 0.717) is 0 Å². The van der Waals surface area contributed by atoms with Crippen LogP contribution in [-0.4, -0.2) is 27.6 Å². The summed E-state index contributed by atoms with van der Waals surface area (Å²) in [5, 5.41) is 11.5. The number of aliphatic imine (C=N–C) groups is 1. The molecule has 12 heteroatoms. The van der Waals surface area contributed by atoms with Gasteiger partial charge in [-0.25, -0.2) is 13.8 Å². The number of carbonyl (C=O) groups is 1. The fraction of sp³-hybridized carbons (Fsp3) is 0.286. The van der Waals surface area contributed by atoms with E-state index in [1.807, 2.05) is 0 Å². The van der Waals surface area contributed by atoms with Crippen LogP contribution in [0.3, 0.4) is 0 Å². The molecular formula is C21H20F5N5O2. The number of aryl methyl sites for hydroxylation is 1. The molecule has 0 atom stereocenters. The van der Waals surface area contributed by atoms with Crippen molar-refractivity contribution < 1.29 is 31.2 Å². The normalized spacial score (nSPS) is 12.7. The Hall–Kier alpha value is -3.70. The molecule has 0 aliphatic heterocycles. The first-order valence-electron chi connectivity index (χ1n) is 9.59. The summed E-state index contributed by atoms with van der Waals surface area (Å²) in [7, 11) is 0. The van der Waals surface area contributed by atoms with Crippen LogP contribution >= 0.6 is 0 Å². The number of nitrogens with zero attached hydrogens (tertiary/aromatic N) is 2. The smallest absolute Gasteiger partial charge is 0.450 e. The molecule has 0 unspecified atom stereocenters. The van der Waals surface area contributed by atoms with Crippen LogP contribution in [0.4, 0.5) is 27.8 Å². The molecule has 3 aromatic rings. The van der Waals surface area contributed by atoms with Gasteiger partial charge in [-0.15, -0.1) is 0 Å². The lowest BCUT2D eigenvalue weighted by Gasteiger charge is -2.17. The fourth-order valence-corrected chi connectivity index (χ4v) is 2.86. The van der Waals surface area contributed by atoms with Crippen molar-refractivity contribution in [3.63, 3.8) is 0 Å². The number of rotatable bonds is 3. The second-order valence-corrected chi connectivity index (χ2v) is 8.13. The third-order valence-electron chi connectivity index (χ3n) is 4.03. The number of H-pyrrole nitrogens is 1. The van der Waals surface area contributed by atoms with Crippen LogP contribution in [0, 0.1) is 18.6 Å². The van der Waals surface area contributed by atoms with E-state index in [1.165, 1.54) is 13.0 Å². The molecule has 33 heavy (non-hydrogen) atoms. The van der Waals surface area contributed by atoms with E-state index < -0.39 is 40.6 Å². The third kappa shape index (κ3) is 6.18. The van der Waals surface area contributed by atoms with E-state index in [9.17, 15) is 26.7 Å². The molecular weight excluding hydrogens is 449 g/mol. The molecule has 7 nitrogen and oxygen atoms in total. The summed E-state index contributed by atoms with van der Waals surface area (Å²) in [5.74, 6) is -4.28. The number of aromatic amines is 1. The molecule has 0 fully saturated rings. The molecule has 0 saturated carbocycles. The maximum atomic E-state index is 13.5. The van der Waals surface area contributed by atoms with E-state index >= 15 is 0 Å². The Morgan fingerprint density at radius 2 is 1.70 bits per heavy atom. The number of guanidine groups is 1. The maximum Gasteiger partial charge on any atom is 0.450 e. The predicted molar refractivity (Wildman–Crippen MR) is 111 cm³/mol. The molecule has 176 valence electrons. The van der Waals surface area contributed by atoms with Crippen LogP contribution in [0.25, 0.3) is 11.3 Å². The van der Waals surface area contributed by atoms with Gasteiger partial charge in [-0.2, -0.15) is 18.3 Å². The van der Waals surface area contributed by atoms with E-state index in [-0.39, 0.29) is 28.8 Å². The summed E-state index contributed by atoms with van der Waals surface area (Å²) >= 11 is 0. The van der Waals surface area contributed by atoms with Crippen LogP contribution in [-0.2, 0) is 6.18 Å². The van der Waals surface area contributed by atoms with Crippen LogP contribution < -0.4 is 10.6 Å². The van der Waals surface area contributed by atoms with Crippen molar-refractivity contribution in [3.05, 3.63) is 59.1 Å². The van der Waals surface area contributed by atoms with Gasteiger partial charge in [0.25, 0.3) is 5.91 Å². The Balaban J connectivity index is 1.88. The van der Waals surface area contributed by atoms with Gasteiger partial charge in [0, 0.05) is 17.7 Å². The molecule has 1 aromatic carbocycles. The van der Waals surface area contributed by atoms with Crippen molar-refractivity contribution in [2.24, 2.45) is 4.99 Å². The lowest BCUT2D eigenvalue weighted by Crippen LogP contribution is -2.38. The zero-order valence-electron chi connectivity index (χ0n) is 18.0. The highest BCUT2D eigenvalue weighted by Gasteiger charge is 2.40. The van der Waals surface area contributed by atoms with Gasteiger partial charge in [-0.05, 0) is 45.9 Å². The fourth-order valence-electron chi connectivity index (χ4n) is 2.86. The van der Waals surface area contributed by atoms with Crippen molar-refractivity contribution in [2.75, 3.05) is 5.32 Å². The second kappa shape index (κ2) is 8.68. The summed E-state index contributed by atoms with van der Waals surface area (Å²) < 4.78 is 71.3. The average Bonchev–Trinajstić information content (AvgIpc) is 3.26. The Morgan fingerprint density at radius 1 is 1.06 bits per heavy atom. The maximum absolute atomic E-state index is 13.5. The number of furan rings is 1. The zero-order valence-corrected chi connectivity index (χ0v) is 18.0. The topological polar surface area (TPSA) is 95.3 Å². The first-order chi connectivity index (χ1) is 15.2. The number of benzene rings is 1.